The molecule has 124 valence electrons. The van der Waals surface area contributed by atoms with Crippen molar-refractivity contribution in [3.05, 3.63) is 68.2 Å². The van der Waals surface area contributed by atoms with Crippen molar-refractivity contribution in [1.82, 2.24) is 0 Å². The maximum atomic E-state index is 11.9. The minimum atomic E-state index is -0.513. The second kappa shape index (κ2) is 7.81. The third-order valence-corrected chi connectivity index (χ3v) is 3.50. The van der Waals surface area contributed by atoms with Gasteiger partial charge in [0, 0.05) is 34.5 Å². The molecule has 0 heterocycles. The van der Waals surface area contributed by atoms with E-state index >= 15 is 0 Å². The Balaban J connectivity index is 2.12. The predicted molar refractivity (Wildman–Crippen MR) is 93.8 cm³/mol. The molecule has 0 fully saturated rings. The van der Waals surface area contributed by atoms with E-state index in [1.165, 1.54) is 49.6 Å². The monoisotopic (exact) mass is 366 g/mol. The molecule has 1 amide bonds. The Kier molecular flexibility index (Phi) is 5.78. The van der Waals surface area contributed by atoms with Gasteiger partial charge in [0.05, 0.1) is 17.1 Å². The minimum absolute atomic E-state index is 0.0538. The van der Waals surface area contributed by atoms with Gasteiger partial charge in [-0.05, 0) is 30.3 Å². The van der Waals surface area contributed by atoms with Crippen LogP contribution in [0.4, 0.5) is 11.4 Å². The zero-order valence-corrected chi connectivity index (χ0v) is 14.0. The number of methoxy groups -OCH3 is 1. The number of nitrogens with zero attached hydrogens (tertiary/aromatic N) is 1. The Morgan fingerprint density at radius 3 is 2.50 bits per heavy atom. The number of carbonyl (C=O) groups is 1. The molecule has 0 saturated carbocycles. The maximum absolute atomic E-state index is 11.9. The van der Waals surface area contributed by atoms with Crippen LogP contribution >= 0.6 is 23.2 Å². The molecule has 2 rings (SSSR count). The highest BCUT2D eigenvalue weighted by atomic mass is 35.5. The van der Waals surface area contributed by atoms with E-state index in [0.29, 0.717) is 27.0 Å². The van der Waals surface area contributed by atoms with Gasteiger partial charge in [-0.2, -0.15) is 0 Å². The van der Waals surface area contributed by atoms with Gasteiger partial charge in [-0.25, -0.2) is 0 Å². The molecule has 24 heavy (non-hydrogen) atoms. The summed E-state index contributed by atoms with van der Waals surface area (Å²) >= 11 is 12.0. The van der Waals surface area contributed by atoms with Crippen LogP contribution in [0.15, 0.2) is 42.5 Å². The van der Waals surface area contributed by atoms with Crippen molar-refractivity contribution in [1.29, 1.82) is 0 Å². The number of nitro groups is 1. The molecule has 0 atom stereocenters. The average molecular weight is 367 g/mol. The van der Waals surface area contributed by atoms with E-state index in [-0.39, 0.29) is 5.69 Å². The quantitative estimate of drug-likeness (QED) is 0.477. The number of carbonyl (C=O) groups excluding carboxylic acids is 1. The molecule has 0 aliphatic heterocycles. The van der Waals surface area contributed by atoms with E-state index in [0.717, 1.165) is 0 Å². The number of nitro benzene ring substituents is 1. The summed E-state index contributed by atoms with van der Waals surface area (Å²) in [5.74, 6) is -0.0116. The summed E-state index contributed by atoms with van der Waals surface area (Å²) in [6.07, 6.45) is 2.79. The number of hydrogen-bond donors (Lipinski definition) is 1. The lowest BCUT2D eigenvalue weighted by atomic mass is 10.2. The summed E-state index contributed by atoms with van der Waals surface area (Å²) in [7, 11) is 1.46. The number of halogens is 2. The third-order valence-electron chi connectivity index (χ3n) is 3.00. The molecule has 8 heteroatoms. The van der Waals surface area contributed by atoms with Gasteiger partial charge in [0.25, 0.3) is 5.69 Å². The number of benzene rings is 2. The van der Waals surface area contributed by atoms with Gasteiger partial charge in [0.1, 0.15) is 5.75 Å². The molecular formula is C16H12Cl2N2O4. The first kappa shape index (κ1) is 17.8. The highest BCUT2D eigenvalue weighted by molar-refractivity contribution is 6.36. The fourth-order valence-corrected chi connectivity index (χ4v) is 2.52. The number of amides is 1. The van der Waals surface area contributed by atoms with E-state index in [1.807, 2.05) is 0 Å². The van der Waals surface area contributed by atoms with Crippen LogP contribution in [0.1, 0.15) is 5.56 Å². The van der Waals surface area contributed by atoms with Gasteiger partial charge in [0.15, 0.2) is 0 Å². The van der Waals surface area contributed by atoms with Gasteiger partial charge in [-0.3, -0.25) is 14.9 Å². The molecule has 0 radical (unpaired) electrons. The highest BCUT2D eigenvalue weighted by Crippen LogP contribution is 2.32. The van der Waals surface area contributed by atoms with Gasteiger partial charge >= 0.3 is 0 Å². The molecule has 0 spiro atoms. The highest BCUT2D eigenvalue weighted by Gasteiger charge is 2.08. The number of hydrogen-bond acceptors (Lipinski definition) is 4. The fraction of sp³-hybridized carbons (Fsp3) is 0.0625. The van der Waals surface area contributed by atoms with E-state index in [2.05, 4.69) is 5.32 Å². The number of ether oxygens (including phenoxy) is 1. The largest absolute Gasteiger partial charge is 0.495 e. The summed E-state index contributed by atoms with van der Waals surface area (Å²) in [6, 6.07) is 8.65. The van der Waals surface area contributed by atoms with Crippen LogP contribution < -0.4 is 10.1 Å². The topological polar surface area (TPSA) is 81.5 Å². The second-order valence-corrected chi connectivity index (χ2v) is 5.48. The number of anilines is 1. The fourth-order valence-electron chi connectivity index (χ4n) is 1.94. The Bertz CT molecular complexity index is 804. The van der Waals surface area contributed by atoms with Crippen LogP contribution in [0.2, 0.25) is 10.0 Å². The summed E-state index contributed by atoms with van der Waals surface area (Å²) in [6.45, 7) is 0. The van der Waals surface area contributed by atoms with Crippen LogP contribution in [0.5, 0.6) is 5.75 Å². The lowest BCUT2D eigenvalue weighted by molar-refractivity contribution is -0.384. The zero-order valence-electron chi connectivity index (χ0n) is 12.5. The summed E-state index contributed by atoms with van der Waals surface area (Å²) < 4.78 is 5.18. The second-order valence-electron chi connectivity index (χ2n) is 4.64. The normalized spacial score (nSPS) is 10.6. The molecular weight excluding hydrogens is 355 g/mol. The van der Waals surface area contributed by atoms with E-state index in [4.69, 9.17) is 27.9 Å². The van der Waals surface area contributed by atoms with E-state index in [9.17, 15) is 14.9 Å². The standard InChI is InChI=1S/C16H12Cl2N2O4/c1-24-16-10(8-11(17)9-14(16)18)2-7-15(21)19-12-3-5-13(6-4-12)20(22)23/h2-9H,1H3,(H,19,21)/b7-2+. The molecule has 0 aliphatic rings. The first-order valence-corrected chi connectivity index (χ1v) is 7.43. The van der Waals surface area contributed by atoms with Crippen molar-refractivity contribution in [2.45, 2.75) is 0 Å². The van der Waals surface area contributed by atoms with Crippen molar-refractivity contribution in [3.63, 3.8) is 0 Å². The van der Waals surface area contributed by atoms with Crippen molar-refractivity contribution in [2.75, 3.05) is 12.4 Å². The molecule has 2 aromatic carbocycles. The number of non-ortho nitro benzene ring substituents is 1. The van der Waals surface area contributed by atoms with Crippen LogP contribution in [-0.4, -0.2) is 17.9 Å². The summed E-state index contributed by atoms with van der Waals surface area (Å²) in [4.78, 5) is 22.0. The van der Waals surface area contributed by atoms with Crippen LogP contribution in [0.3, 0.4) is 0 Å². The average Bonchev–Trinajstić information content (AvgIpc) is 2.53. The minimum Gasteiger partial charge on any atom is -0.495 e. The van der Waals surface area contributed by atoms with Gasteiger partial charge < -0.3 is 10.1 Å². The van der Waals surface area contributed by atoms with Crippen molar-refractivity contribution >= 4 is 46.6 Å². The first-order valence-electron chi connectivity index (χ1n) is 6.67. The van der Waals surface area contributed by atoms with Gasteiger partial charge in [-0.1, -0.05) is 23.2 Å². The maximum Gasteiger partial charge on any atom is 0.269 e. The van der Waals surface area contributed by atoms with Gasteiger partial charge in [0.2, 0.25) is 5.91 Å². The molecule has 6 nitrogen and oxygen atoms in total. The molecule has 0 saturated heterocycles. The van der Waals surface area contributed by atoms with Crippen molar-refractivity contribution in [3.8, 4) is 5.75 Å². The van der Waals surface area contributed by atoms with Crippen molar-refractivity contribution < 1.29 is 14.5 Å². The molecule has 2 aromatic rings. The van der Waals surface area contributed by atoms with Gasteiger partial charge in [-0.15, -0.1) is 0 Å². The van der Waals surface area contributed by atoms with Crippen molar-refractivity contribution in [2.24, 2.45) is 0 Å². The Morgan fingerprint density at radius 2 is 1.92 bits per heavy atom. The Morgan fingerprint density at radius 1 is 1.25 bits per heavy atom. The first-order chi connectivity index (χ1) is 11.4. The molecule has 0 aliphatic carbocycles. The van der Waals surface area contributed by atoms with Crippen LogP contribution in [0, 0.1) is 10.1 Å². The zero-order chi connectivity index (χ0) is 17.7. The summed E-state index contributed by atoms with van der Waals surface area (Å²) in [5, 5.41) is 13.9. The van der Waals surface area contributed by atoms with E-state index < -0.39 is 10.8 Å². The SMILES string of the molecule is COc1c(Cl)cc(Cl)cc1/C=C/C(=O)Nc1ccc([N+](=O)[O-])cc1. The van der Waals surface area contributed by atoms with Crippen LogP contribution in [-0.2, 0) is 4.79 Å². The molecule has 1 N–H and O–H groups in total. The lowest BCUT2D eigenvalue weighted by Crippen LogP contribution is -2.07. The Labute approximate surface area is 147 Å². The Hall–Kier alpha value is -2.57. The number of rotatable bonds is 5. The molecule has 0 aromatic heterocycles. The van der Waals surface area contributed by atoms with Crippen LogP contribution in [0.25, 0.3) is 6.08 Å². The van der Waals surface area contributed by atoms with E-state index in [1.54, 1.807) is 6.07 Å². The molecule has 0 bridgehead atoms. The third kappa shape index (κ3) is 4.47. The molecule has 0 unspecified atom stereocenters. The predicted octanol–water partition coefficient (Wildman–Crippen LogP) is 4.56. The lowest BCUT2D eigenvalue weighted by Gasteiger charge is -2.08. The smallest absolute Gasteiger partial charge is 0.269 e. The summed E-state index contributed by atoms with van der Waals surface area (Å²) in [5.41, 5.74) is 0.932. The number of nitrogens with one attached hydrogen (secondary N) is 1.